The van der Waals surface area contributed by atoms with Crippen LogP contribution in [0, 0.1) is 0 Å². The lowest BCUT2D eigenvalue weighted by atomic mass is 10.2. The number of rotatable bonds is 4. The number of benzene rings is 2. The van der Waals surface area contributed by atoms with Gasteiger partial charge < -0.3 is 14.8 Å². The second kappa shape index (κ2) is 8.33. The van der Waals surface area contributed by atoms with Crippen LogP contribution in [-0.4, -0.2) is 44.9 Å². The van der Waals surface area contributed by atoms with E-state index >= 15 is 0 Å². The molecule has 2 aliphatic heterocycles. The van der Waals surface area contributed by atoms with Crippen LogP contribution in [0.5, 0.6) is 11.5 Å². The van der Waals surface area contributed by atoms with E-state index in [9.17, 15) is 13.2 Å². The second-order valence-corrected chi connectivity index (χ2v) is 9.71. The maximum absolute atomic E-state index is 12.8. The fourth-order valence-electron chi connectivity index (χ4n) is 3.36. The Morgan fingerprint density at radius 3 is 2.45 bits per heavy atom. The number of carbonyl (C=O) groups excluding carboxylic acids is 1. The first-order chi connectivity index (χ1) is 13.9. The molecule has 1 saturated heterocycles. The summed E-state index contributed by atoms with van der Waals surface area (Å²) in [5.41, 5.74) is 0.788. The zero-order valence-corrected chi connectivity index (χ0v) is 18.1. The van der Waals surface area contributed by atoms with Crippen LogP contribution in [0.4, 0.5) is 5.69 Å². The van der Waals surface area contributed by atoms with Crippen LogP contribution in [0.1, 0.15) is 29.6 Å². The maximum atomic E-state index is 12.8. The lowest BCUT2D eigenvalue weighted by molar-refractivity contribution is 0.102. The molecule has 7 nitrogen and oxygen atoms in total. The smallest absolute Gasteiger partial charge is 0.256 e. The first-order valence-corrected chi connectivity index (χ1v) is 11.7. The van der Waals surface area contributed by atoms with E-state index in [2.05, 4.69) is 21.2 Å². The van der Waals surface area contributed by atoms with Crippen molar-refractivity contribution >= 4 is 37.5 Å². The normalized spacial score (nSPS) is 17.0. The summed E-state index contributed by atoms with van der Waals surface area (Å²) < 4.78 is 38.9. The summed E-state index contributed by atoms with van der Waals surface area (Å²) in [7, 11) is -3.60. The van der Waals surface area contributed by atoms with Crippen molar-refractivity contribution in [1.29, 1.82) is 0 Å². The lowest BCUT2D eigenvalue weighted by Crippen LogP contribution is -2.28. The zero-order chi connectivity index (χ0) is 20.4. The number of nitrogens with zero attached hydrogens (tertiary/aromatic N) is 1. The average Bonchev–Trinajstić information content (AvgIpc) is 3.15. The third kappa shape index (κ3) is 4.26. The molecule has 0 aromatic heterocycles. The van der Waals surface area contributed by atoms with E-state index in [1.807, 2.05) is 0 Å². The van der Waals surface area contributed by atoms with Gasteiger partial charge in [0.2, 0.25) is 10.0 Å². The Morgan fingerprint density at radius 1 is 0.966 bits per heavy atom. The molecule has 154 valence electrons. The highest BCUT2D eigenvalue weighted by Gasteiger charge is 2.28. The molecule has 2 aromatic carbocycles. The largest absolute Gasteiger partial charge is 0.490 e. The first kappa shape index (κ1) is 20.2. The number of halogens is 1. The van der Waals surface area contributed by atoms with E-state index in [4.69, 9.17) is 9.47 Å². The molecular weight excluding hydrogens is 460 g/mol. The predicted molar refractivity (Wildman–Crippen MR) is 112 cm³/mol. The SMILES string of the molecule is O=C(Nc1ccc2c(c1)OCCCO2)c1cc(S(=O)(=O)N2CCCC2)ccc1Br. The lowest BCUT2D eigenvalue weighted by Gasteiger charge is -2.16. The number of hydrogen-bond acceptors (Lipinski definition) is 5. The van der Waals surface area contributed by atoms with E-state index in [0.29, 0.717) is 48.0 Å². The van der Waals surface area contributed by atoms with Gasteiger partial charge in [0.25, 0.3) is 5.91 Å². The number of fused-ring (bicyclic) bond motifs is 1. The Morgan fingerprint density at radius 2 is 1.69 bits per heavy atom. The molecule has 2 heterocycles. The molecule has 1 fully saturated rings. The summed E-state index contributed by atoms with van der Waals surface area (Å²) in [6, 6.07) is 9.70. The van der Waals surface area contributed by atoms with Crippen LogP contribution in [0.2, 0.25) is 0 Å². The zero-order valence-electron chi connectivity index (χ0n) is 15.7. The van der Waals surface area contributed by atoms with Crippen LogP contribution in [0.25, 0.3) is 0 Å². The minimum absolute atomic E-state index is 0.117. The van der Waals surface area contributed by atoms with Gasteiger partial charge in [0.05, 0.1) is 23.7 Å². The Bertz CT molecular complexity index is 1040. The van der Waals surface area contributed by atoms with Crippen molar-refractivity contribution < 1.29 is 22.7 Å². The summed E-state index contributed by atoms with van der Waals surface area (Å²) >= 11 is 3.35. The molecule has 1 amide bonds. The van der Waals surface area contributed by atoms with Gasteiger partial charge in [-0.25, -0.2) is 8.42 Å². The van der Waals surface area contributed by atoms with Crippen molar-refractivity contribution in [1.82, 2.24) is 4.31 Å². The molecule has 0 saturated carbocycles. The molecule has 29 heavy (non-hydrogen) atoms. The van der Waals surface area contributed by atoms with Crippen molar-refractivity contribution in [3.05, 3.63) is 46.4 Å². The van der Waals surface area contributed by atoms with Crippen LogP contribution in [0.15, 0.2) is 45.8 Å². The number of hydrogen-bond donors (Lipinski definition) is 1. The Labute approximate surface area is 178 Å². The number of amides is 1. The highest BCUT2D eigenvalue weighted by atomic mass is 79.9. The molecule has 9 heteroatoms. The predicted octanol–water partition coefficient (Wildman–Crippen LogP) is 3.65. The van der Waals surface area contributed by atoms with Gasteiger partial charge in [0, 0.05) is 35.7 Å². The van der Waals surface area contributed by atoms with Gasteiger partial charge in [-0.3, -0.25) is 4.79 Å². The third-order valence-electron chi connectivity index (χ3n) is 4.89. The Balaban J connectivity index is 1.58. The first-order valence-electron chi connectivity index (χ1n) is 9.46. The monoisotopic (exact) mass is 480 g/mol. The average molecular weight is 481 g/mol. The molecule has 0 unspecified atom stereocenters. The summed E-state index contributed by atoms with van der Waals surface area (Å²) in [6.07, 6.45) is 2.50. The number of sulfonamides is 1. The molecule has 2 aliphatic rings. The Hall–Kier alpha value is -2.10. The van der Waals surface area contributed by atoms with Crippen LogP contribution < -0.4 is 14.8 Å². The Kier molecular flexibility index (Phi) is 5.80. The molecule has 1 N–H and O–H groups in total. The molecule has 0 radical (unpaired) electrons. The summed E-state index contributed by atoms with van der Waals surface area (Å²) in [4.78, 5) is 13.0. The molecule has 0 atom stereocenters. The van der Waals surface area contributed by atoms with Gasteiger partial charge >= 0.3 is 0 Å². The fraction of sp³-hybridized carbons (Fsp3) is 0.350. The van der Waals surface area contributed by atoms with Crippen molar-refractivity contribution in [3.63, 3.8) is 0 Å². The molecular formula is C20H21BrN2O5S. The van der Waals surface area contributed by atoms with E-state index in [1.165, 1.54) is 16.4 Å². The van der Waals surface area contributed by atoms with Gasteiger partial charge in [-0.2, -0.15) is 4.31 Å². The third-order valence-corrected chi connectivity index (χ3v) is 7.48. The maximum Gasteiger partial charge on any atom is 0.256 e. The van der Waals surface area contributed by atoms with Gasteiger partial charge in [-0.1, -0.05) is 0 Å². The second-order valence-electron chi connectivity index (χ2n) is 6.92. The quantitative estimate of drug-likeness (QED) is 0.721. The van der Waals surface area contributed by atoms with Crippen molar-refractivity contribution in [2.75, 3.05) is 31.6 Å². The number of ether oxygens (including phenoxy) is 2. The van der Waals surface area contributed by atoms with Gasteiger partial charge in [-0.15, -0.1) is 0 Å². The number of anilines is 1. The van der Waals surface area contributed by atoms with E-state index in [-0.39, 0.29) is 10.5 Å². The molecule has 0 aliphatic carbocycles. The highest BCUT2D eigenvalue weighted by molar-refractivity contribution is 9.10. The fourth-order valence-corrected chi connectivity index (χ4v) is 5.33. The summed E-state index contributed by atoms with van der Waals surface area (Å²) in [6.45, 7) is 2.16. The minimum atomic E-state index is -3.60. The van der Waals surface area contributed by atoms with Crippen LogP contribution in [0.3, 0.4) is 0 Å². The standard InChI is InChI=1S/C20H21BrN2O5S/c21-17-6-5-15(29(25,26)23-8-1-2-9-23)13-16(17)20(24)22-14-4-7-18-19(12-14)28-11-3-10-27-18/h4-7,12-13H,1-3,8-11H2,(H,22,24). The molecule has 2 aromatic rings. The van der Waals surface area contributed by atoms with E-state index < -0.39 is 15.9 Å². The van der Waals surface area contributed by atoms with Gasteiger partial charge in [0.1, 0.15) is 0 Å². The molecule has 0 bridgehead atoms. The van der Waals surface area contributed by atoms with Crippen molar-refractivity contribution in [2.24, 2.45) is 0 Å². The molecule has 4 rings (SSSR count). The minimum Gasteiger partial charge on any atom is -0.490 e. The van der Waals surface area contributed by atoms with E-state index in [1.54, 1.807) is 24.3 Å². The van der Waals surface area contributed by atoms with Gasteiger partial charge in [0.15, 0.2) is 11.5 Å². The topological polar surface area (TPSA) is 84.9 Å². The molecule has 0 spiro atoms. The summed E-state index contributed by atoms with van der Waals surface area (Å²) in [5.74, 6) is 0.801. The number of carbonyl (C=O) groups is 1. The van der Waals surface area contributed by atoms with Crippen LogP contribution in [-0.2, 0) is 10.0 Å². The van der Waals surface area contributed by atoms with Crippen molar-refractivity contribution in [2.45, 2.75) is 24.2 Å². The van der Waals surface area contributed by atoms with Gasteiger partial charge in [-0.05, 0) is 59.1 Å². The highest BCUT2D eigenvalue weighted by Crippen LogP contribution is 2.33. The van der Waals surface area contributed by atoms with E-state index in [0.717, 1.165) is 19.3 Å². The number of nitrogens with one attached hydrogen (secondary N) is 1. The van der Waals surface area contributed by atoms with Crippen molar-refractivity contribution in [3.8, 4) is 11.5 Å². The summed E-state index contributed by atoms with van der Waals surface area (Å²) in [5, 5.41) is 2.80. The van der Waals surface area contributed by atoms with Crippen LogP contribution >= 0.6 is 15.9 Å².